The molecule has 0 saturated carbocycles. The highest BCUT2D eigenvalue weighted by molar-refractivity contribution is 6.34. The smallest absolute Gasteiger partial charge is 0.328 e. The molecule has 2 aromatic rings. The van der Waals surface area contributed by atoms with Gasteiger partial charge in [0.15, 0.2) is 0 Å². The van der Waals surface area contributed by atoms with Crippen molar-refractivity contribution in [1.29, 1.82) is 0 Å². The summed E-state index contributed by atoms with van der Waals surface area (Å²) in [6.07, 6.45) is 0.350. The number of carbonyl (C=O) groups is 2. The molecule has 0 radical (unpaired) electrons. The highest BCUT2D eigenvalue weighted by Gasteiger charge is 2.24. The molecule has 24 heavy (non-hydrogen) atoms. The van der Waals surface area contributed by atoms with Gasteiger partial charge in [0.1, 0.15) is 6.04 Å². The number of halogens is 2. The zero-order valence-corrected chi connectivity index (χ0v) is 15.0. The minimum Gasteiger partial charge on any atom is -0.467 e. The molecule has 1 amide bonds. The molecule has 6 heteroatoms. The van der Waals surface area contributed by atoms with Crippen molar-refractivity contribution in [3.63, 3.8) is 0 Å². The van der Waals surface area contributed by atoms with Crippen LogP contribution in [0.1, 0.15) is 21.5 Å². The van der Waals surface area contributed by atoms with Crippen LogP contribution in [0.25, 0.3) is 0 Å². The van der Waals surface area contributed by atoms with Crippen molar-refractivity contribution in [3.05, 3.63) is 70.2 Å². The van der Waals surface area contributed by atoms with Gasteiger partial charge >= 0.3 is 5.97 Å². The first-order chi connectivity index (χ1) is 11.0. The van der Waals surface area contributed by atoms with E-state index in [9.17, 15) is 9.59 Å². The van der Waals surface area contributed by atoms with Gasteiger partial charge in [-0.2, -0.15) is 0 Å². The van der Waals surface area contributed by atoms with Crippen LogP contribution >= 0.6 is 24.0 Å². The summed E-state index contributed by atoms with van der Waals surface area (Å²) in [5.74, 6) is -0.883. The van der Waals surface area contributed by atoms with Gasteiger partial charge in [-0.3, -0.25) is 4.79 Å². The first kappa shape index (κ1) is 20.0. The molecule has 1 N–H and O–H groups in total. The van der Waals surface area contributed by atoms with E-state index in [0.29, 0.717) is 17.0 Å². The highest BCUT2D eigenvalue weighted by Crippen LogP contribution is 2.19. The zero-order valence-electron chi connectivity index (χ0n) is 13.4. The van der Waals surface area contributed by atoms with Gasteiger partial charge in [0.2, 0.25) is 0 Å². The average molecular weight is 368 g/mol. The molecule has 0 heterocycles. The molecular formula is C18H19Cl2NO3. The molecule has 2 rings (SSSR count). The van der Waals surface area contributed by atoms with Gasteiger partial charge in [0.25, 0.3) is 5.91 Å². The number of benzene rings is 2. The lowest BCUT2D eigenvalue weighted by Gasteiger charge is -2.18. The van der Waals surface area contributed by atoms with Crippen LogP contribution in [-0.4, -0.2) is 25.0 Å². The van der Waals surface area contributed by atoms with Crippen molar-refractivity contribution in [2.45, 2.75) is 19.4 Å². The number of carbonyl (C=O) groups excluding carboxylic acids is 2. The second kappa shape index (κ2) is 9.30. The lowest BCUT2D eigenvalue weighted by atomic mass is 10.0. The number of nitrogens with one attached hydrogen (secondary N) is 1. The molecule has 128 valence electrons. The minimum absolute atomic E-state index is 0. The molecule has 0 fully saturated rings. The Morgan fingerprint density at radius 1 is 1.12 bits per heavy atom. The first-order valence-corrected chi connectivity index (χ1v) is 7.58. The molecular weight excluding hydrogens is 349 g/mol. The van der Waals surface area contributed by atoms with Crippen molar-refractivity contribution in [1.82, 2.24) is 5.32 Å². The SMILES string of the molecule is COC(=O)[C@H](Cc1ccccc1)NC(=O)c1c(C)cccc1Cl.Cl. The number of rotatable bonds is 5. The van der Waals surface area contributed by atoms with E-state index in [4.69, 9.17) is 16.3 Å². The average Bonchev–Trinajstić information content (AvgIpc) is 2.54. The van der Waals surface area contributed by atoms with E-state index in [0.717, 1.165) is 11.1 Å². The quantitative estimate of drug-likeness (QED) is 0.821. The monoisotopic (exact) mass is 367 g/mol. The van der Waals surface area contributed by atoms with E-state index < -0.39 is 12.0 Å². The van der Waals surface area contributed by atoms with Crippen molar-refractivity contribution < 1.29 is 14.3 Å². The van der Waals surface area contributed by atoms with Gasteiger partial charge in [-0.15, -0.1) is 12.4 Å². The maximum atomic E-state index is 12.5. The second-order valence-corrected chi connectivity index (χ2v) is 5.58. The normalized spacial score (nSPS) is 11.1. The Kier molecular flexibility index (Phi) is 7.75. The van der Waals surface area contributed by atoms with Gasteiger partial charge in [0.05, 0.1) is 17.7 Å². The number of methoxy groups -OCH3 is 1. The third-order valence-electron chi connectivity index (χ3n) is 3.52. The summed E-state index contributed by atoms with van der Waals surface area (Å²) in [4.78, 5) is 24.5. The Bertz CT molecular complexity index is 684. The van der Waals surface area contributed by atoms with Crippen LogP contribution in [0.2, 0.25) is 5.02 Å². The van der Waals surface area contributed by atoms with E-state index in [1.165, 1.54) is 7.11 Å². The van der Waals surface area contributed by atoms with Gasteiger partial charge < -0.3 is 10.1 Å². The molecule has 0 aliphatic heterocycles. The summed E-state index contributed by atoms with van der Waals surface area (Å²) in [7, 11) is 1.30. The topological polar surface area (TPSA) is 55.4 Å². The Morgan fingerprint density at radius 3 is 2.38 bits per heavy atom. The fraction of sp³-hybridized carbons (Fsp3) is 0.222. The van der Waals surface area contributed by atoms with Gasteiger partial charge in [-0.05, 0) is 24.1 Å². The van der Waals surface area contributed by atoms with Gasteiger partial charge in [0, 0.05) is 6.42 Å². The van der Waals surface area contributed by atoms with E-state index in [1.807, 2.05) is 30.3 Å². The van der Waals surface area contributed by atoms with Crippen LogP contribution in [0.3, 0.4) is 0 Å². The van der Waals surface area contributed by atoms with E-state index in [-0.39, 0.29) is 18.3 Å². The van der Waals surface area contributed by atoms with Crippen molar-refractivity contribution in [3.8, 4) is 0 Å². The summed E-state index contributed by atoms with van der Waals surface area (Å²) in [6, 6.07) is 13.9. The minimum atomic E-state index is -0.773. The first-order valence-electron chi connectivity index (χ1n) is 7.20. The molecule has 0 unspecified atom stereocenters. The summed E-state index contributed by atoms with van der Waals surface area (Å²) < 4.78 is 4.80. The maximum absolute atomic E-state index is 12.5. The predicted octanol–water partition coefficient (Wildman–Crippen LogP) is 3.58. The van der Waals surface area contributed by atoms with E-state index in [1.54, 1.807) is 25.1 Å². The molecule has 2 aromatic carbocycles. The lowest BCUT2D eigenvalue weighted by molar-refractivity contribution is -0.142. The van der Waals surface area contributed by atoms with Crippen LogP contribution in [0, 0.1) is 6.92 Å². The molecule has 0 aliphatic carbocycles. The Balaban J connectivity index is 0.00000288. The molecule has 0 aliphatic rings. The summed E-state index contributed by atoms with van der Waals surface area (Å²) in [5.41, 5.74) is 2.05. The van der Waals surface area contributed by atoms with Gasteiger partial charge in [-0.1, -0.05) is 54.1 Å². The summed E-state index contributed by atoms with van der Waals surface area (Å²) in [5, 5.41) is 3.07. The molecule has 0 saturated heterocycles. The lowest BCUT2D eigenvalue weighted by Crippen LogP contribution is -2.43. The number of esters is 1. The van der Waals surface area contributed by atoms with Crippen LogP contribution in [0.15, 0.2) is 48.5 Å². The fourth-order valence-corrected chi connectivity index (χ4v) is 2.64. The Labute approximate surface area is 152 Å². The van der Waals surface area contributed by atoms with Crippen molar-refractivity contribution in [2.24, 2.45) is 0 Å². The van der Waals surface area contributed by atoms with Crippen LogP contribution < -0.4 is 5.32 Å². The van der Waals surface area contributed by atoms with Crippen molar-refractivity contribution >= 4 is 35.9 Å². The fourth-order valence-electron chi connectivity index (χ4n) is 2.34. The highest BCUT2D eigenvalue weighted by atomic mass is 35.5. The third-order valence-corrected chi connectivity index (χ3v) is 3.84. The molecule has 0 spiro atoms. The van der Waals surface area contributed by atoms with Gasteiger partial charge in [-0.25, -0.2) is 4.79 Å². The predicted molar refractivity (Wildman–Crippen MR) is 96.9 cm³/mol. The Hall–Kier alpha value is -2.04. The number of hydrogen-bond donors (Lipinski definition) is 1. The molecule has 0 aromatic heterocycles. The number of ether oxygens (including phenoxy) is 1. The number of amides is 1. The van der Waals surface area contributed by atoms with Crippen molar-refractivity contribution in [2.75, 3.05) is 7.11 Å². The largest absolute Gasteiger partial charge is 0.467 e. The van der Waals surface area contributed by atoms with Crippen LogP contribution in [0.4, 0.5) is 0 Å². The molecule has 1 atom stereocenters. The van der Waals surface area contributed by atoms with E-state index in [2.05, 4.69) is 5.32 Å². The van der Waals surface area contributed by atoms with E-state index >= 15 is 0 Å². The summed E-state index contributed by atoms with van der Waals surface area (Å²) >= 11 is 6.10. The van der Waals surface area contributed by atoms with Crippen LogP contribution in [0.5, 0.6) is 0 Å². The number of aryl methyl sites for hydroxylation is 1. The number of hydrogen-bond acceptors (Lipinski definition) is 3. The molecule has 0 bridgehead atoms. The zero-order chi connectivity index (χ0) is 16.8. The molecule has 4 nitrogen and oxygen atoms in total. The third kappa shape index (κ3) is 4.98. The summed E-state index contributed by atoms with van der Waals surface area (Å²) in [6.45, 7) is 1.80. The maximum Gasteiger partial charge on any atom is 0.328 e. The standard InChI is InChI=1S/C18H18ClNO3.ClH/c1-12-7-6-10-14(19)16(12)17(21)20-15(18(22)23-2)11-13-8-4-3-5-9-13;/h3-10,15H,11H2,1-2H3,(H,20,21);1H/t15-;/m0./s1. The Morgan fingerprint density at radius 2 is 1.79 bits per heavy atom. The second-order valence-electron chi connectivity index (χ2n) is 5.17. The van der Waals surface area contributed by atoms with Crippen LogP contribution in [-0.2, 0) is 16.0 Å².